The summed E-state index contributed by atoms with van der Waals surface area (Å²) in [7, 11) is 0. The van der Waals surface area contributed by atoms with Gasteiger partial charge in [-0.1, -0.05) is 6.07 Å². The summed E-state index contributed by atoms with van der Waals surface area (Å²) in [6.07, 6.45) is 5.84. The van der Waals surface area contributed by atoms with Crippen molar-refractivity contribution in [1.82, 2.24) is 23.8 Å². The maximum absolute atomic E-state index is 15.0. The van der Waals surface area contributed by atoms with Gasteiger partial charge in [0.05, 0.1) is 30.5 Å². The number of amides is 2. The highest BCUT2D eigenvalue weighted by Gasteiger charge is 2.75. The Kier molecular flexibility index (Phi) is 5.79. The van der Waals surface area contributed by atoms with Crippen LogP contribution in [0.4, 0.5) is 35.5 Å². The van der Waals surface area contributed by atoms with E-state index in [1.807, 2.05) is 28.8 Å². The highest BCUT2D eigenvalue weighted by molar-refractivity contribution is 6.33. The molecule has 0 unspecified atom stereocenters. The van der Waals surface area contributed by atoms with Crippen LogP contribution in [-0.2, 0) is 17.9 Å². The largest absolute Gasteiger partial charge is 0.375 e. The van der Waals surface area contributed by atoms with E-state index in [0.717, 1.165) is 22.2 Å². The number of carbonyl (C=O) groups excluding carboxylic acids is 2. The van der Waals surface area contributed by atoms with Crippen molar-refractivity contribution in [3.05, 3.63) is 71.6 Å². The average molecular weight is 606 g/mol. The lowest BCUT2D eigenvalue weighted by atomic mass is 9.98. The Morgan fingerprint density at radius 1 is 0.930 bits per heavy atom. The molecule has 0 spiro atoms. The molecule has 0 saturated carbocycles. The minimum absolute atomic E-state index is 0.0180. The predicted octanol–water partition coefficient (Wildman–Crippen LogP) is 5.86. The molecule has 224 valence electrons. The van der Waals surface area contributed by atoms with Crippen molar-refractivity contribution in [2.75, 3.05) is 19.6 Å². The molecule has 14 heteroatoms. The van der Waals surface area contributed by atoms with E-state index in [1.54, 1.807) is 17.0 Å². The molecule has 7 rings (SSSR count). The Bertz CT molecular complexity index is 1860. The summed E-state index contributed by atoms with van der Waals surface area (Å²) in [6, 6.07) is 6.61. The molecule has 2 amide bonds. The zero-order valence-corrected chi connectivity index (χ0v) is 22.3. The lowest BCUT2D eigenvalue weighted by Gasteiger charge is -2.43. The number of likely N-dealkylation sites (tertiary alicyclic amines) is 1. The molecule has 1 saturated heterocycles. The van der Waals surface area contributed by atoms with Gasteiger partial charge in [-0.3, -0.25) is 9.20 Å². The number of Topliss-reactive ketones (excluding diaryl/α,β-unsaturated/α-hetero) is 1. The van der Waals surface area contributed by atoms with Crippen LogP contribution < -0.4 is 0 Å². The number of aromatic nitrogens is 3. The second-order valence-electron chi connectivity index (χ2n) is 11.1. The first kappa shape index (κ1) is 27.5. The number of allylic oxidation sites excluding steroid dienone is 2. The number of imidazole rings is 1. The lowest BCUT2D eigenvalue weighted by molar-refractivity contribution is -0.333. The fourth-order valence-electron chi connectivity index (χ4n) is 6.38. The van der Waals surface area contributed by atoms with Crippen LogP contribution in [0.2, 0.25) is 0 Å². The van der Waals surface area contributed by atoms with Gasteiger partial charge in [0, 0.05) is 55.0 Å². The van der Waals surface area contributed by atoms with Crippen LogP contribution >= 0.6 is 0 Å². The van der Waals surface area contributed by atoms with Crippen LogP contribution in [0.5, 0.6) is 0 Å². The first-order valence-corrected chi connectivity index (χ1v) is 13.5. The van der Waals surface area contributed by atoms with Crippen LogP contribution in [0.25, 0.3) is 27.7 Å². The number of ketones is 1. The first-order valence-electron chi connectivity index (χ1n) is 13.5. The molecule has 4 aromatic rings. The Balaban J connectivity index is 1.28. The van der Waals surface area contributed by atoms with Gasteiger partial charge < -0.3 is 14.4 Å². The van der Waals surface area contributed by atoms with Crippen molar-refractivity contribution in [2.45, 2.75) is 43.7 Å². The highest BCUT2D eigenvalue weighted by Crippen LogP contribution is 2.50. The van der Waals surface area contributed by atoms with Crippen molar-refractivity contribution in [3.8, 4) is 0 Å². The Morgan fingerprint density at radius 3 is 2.42 bits per heavy atom. The number of pyridine rings is 1. The number of fused-ring (bicyclic) bond motifs is 1. The molecule has 0 N–H and O–H groups in total. The average Bonchev–Trinajstić information content (AvgIpc) is 3.59. The van der Waals surface area contributed by atoms with E-state index >= 15 is 4.39 Å². The number of piperidine rings is 1. The van der Waals surface area contributed by atoms with Crippen molar-refractivity contribution >= 4 is 39.5 Å². The van der Waals surface area contributed by atoms with Gasteiger partial charge in [0.2, 0.25) is 0 Å². The van der Waals surface area contributed by atoms with E-state index in [2.05, 4.69) is 4.98 Å². The molecule has 3 aromatic heterocycles. The normalized spacial score (nSPS) is 21.2. The van der Waals surface area contributed by atoms with Gasteiger partial charge in [0.25, 0.3) is 0 Å². The van der Waals surface area contributed by atoms with Crippen LogP contribution in [0, 0.1) is 5.82 Å². The van der Waals surface area contributed by atoms with Crippen molar-refractivity contribution < 1.29 is 40.3 Å². The highest BCUT2D eigenvalue weighted by atomic mass is 19.3. The molecule has 0 radical (unpaired) electrons. The summed E-state index contributed by atoms with van der Waals surface area (Å²) < 4.78 is 102. The molecule has 43 heavy (non-hydrogen) atoms. The third-order valence-corrected chi connectivity index (χ3v) is 8.40. The number of nitrogens with zero attached hydrogens (tertiary/aromatic N) is 5. The van der Waals surface area contributed by atoms with Crippen LogP contribution in [0.3, 0.4) is 0 Å². The molecule has 1 aromatic carbocycles. The summed E-state index contributed by atoms with van der Waals surface area (Å²) in [5, 5.41) is 0.386. The topological polar surface area (TPSA) is 62.9 Å². The van der Waals surface area contributed by atoms with Crippen molar-refractivity contribution in [1.29, 1.82) is 0 Å². The van der Waals surface area contributed by atoms with Crippen molar-refractivity contribution in [2.24, 2.45) is 0 Å². The number of halogens is 7. The summed E-state index contributed by atoms with van der Waals surface area (Å²) in [5.41, 5.74) is 3.78. The van der Waals surface area contributed by atoms with Gasteiger partial charge in [0.15, 0.2) is 5.78 Å². The van der Waals surface area contributed by atoms with E-state index in [1.165, 1.54) is 6.07 Å². The molecular formula is C29H22F7N5O2. The fourth-order valence-corrected chi connectivity index (χ4v) is 6.38. The molecular weight excluding hydrogens is 583 g/mol. The number of alkyl halides is 6. The van der Waals surface area contributed by atoms with Crippen LogP contribution in [0.1, 0.15) is 29.7 Å². The molecule has 0 bridgehead atoms. The zero-order chi connectivity index (χ0) is 30.5. The van der Waals surface area contributed by atoms with Gasteiger partial charge in [-0.15, -0.1) is 0 Å². The smallest absolute Gasteiger partial charge is 0.345 e. The van der Waals surface area contributed by atoms with E-state index < -0.39 is 42.7 Å². The third kappa shape index (κ3) is 3.98. The van der Waals surface area contributed by atoms with Gasteiger partial charge in [0.1, 0.15) is 11.5 Å². The minimum Gasteiger partial charge on any atom is -0.345 e. The van der Waals surface area contributed by atoms with Gasteiger partial charge in [-0.2, -0.15) is 26.3 Å². The monoisotopic (exact) mass is 605 g/mol. The second kappa shape index (κ2) is 9.07. The molecule has 0 atom stereocenters. The number of hydrogen-bond acceptors (Lipinski definition) is 3. The minimum atomic E-state index is -5.62. The third-order valence-electron chi connectivity index (χ3n) is 8.40. The maximum atomic E-state index is 15.0. The first-order chi connectivity index (χ1) is 20.3. The predicted molar refractivity (Wildman–Crippen MR) is 140 cm³/mol. The van der Waals surface area contributed by atoms with Gasteiger partial charge in [-0.25, -0.2) is 14.2 Å². The molecule has 5 heterocycles. The van der Waals surface area contributed by atoms with Crippen molar-refractivity contribution in [3.63, 3.8) is 0 Å². The molecule has 7 nitrogen and oxygen atoms in total. The number of rotatable bonds is 2. The molecule has 1 aliphatic carbocycles. The summed E-state index contributed by atoms with van der Waals surface area (Å²) in [6.45, 7) is -4.25. The Hall–Kier alpha value is -4.36. The summed E-state index contributed by atoms with van der Waals surface area (Å²) in [4.78, 5) is 31.8. The zero-order valence-electron chi connectivity index (χ0n) is 22.3. The van der Waals surface area contributed by atoms with E-state index in [9.17, 15) is 35.9 Å². The quantitative estimate of drug-likeness (QED) is 0.269. The number of urea groups is 1. The van der Waals surface area contributed by atoms with E-state index in [-0.39, 0.29) is 42.3 Å². The lowest BCUT2D eigenvalue weighted by Crippen LogP contribution is -2.69. The summed E-state index contributed by atoms with van der Waals surface area (Å²) in [5.74, 6) is -16.8. The summed E-state index contributed by atoms with van der Waals surface area (Å²) >= 11 is 0. The molecule has 2 aliphatic heterocycles. The van der Waals surface area contributed by atoms with E-state index in [0.29, 0.717) is 34.1 Å². The van der Waals surface area contributed by atoms with E-state index in [4.69, 9.17) is 0 Å². The number of hydrogen-bond donors (Lipinski definition) is 0. The Morgan fingerprint density at radius 2 is 1.67 bits per heavy atom. The molecule has 1 fully saturated rings. The van der Waals surface area contributed by atoms with Crippen LogP contribution in [0.15, 0.2) is 48.9 Å². The van der Waals surface area contributed by atoms with Crippen LogP contribution in [-0.4, -0.2) is 73.0 Å². The molecule has 3 aliphatic rings. The maximum Gasteiger partial charge on any atom is 0.375 e. The number of carbonyl (C=O) groups is 2. The number of benzene rings is 1. The van der Waals surface area contributed by atoms with Gasteiger partial charge in [-0.05, 0) is 41.8 Å². The SMILES string of the molecule is O=C1CCC(c2cnc3ccccn23)=C1c1cn2c3c(cc(F)cc13)CN(C(=O)N1CC(F)(F)C(F)(F)C(F)(F)C1)CC2. The van der Waals surface area contributed by atoms with Gasteiger partial charge >= 0.3 is 23.8 Å². The standard InChI is InChI=1S/C29H22F7N5O2/c30-17-9-16-12-39(26(43)40-14-27(31,32)29(35,36)28(33,34)15-40)8-7-38-13-20(19(10-17)25(16)38)24-18(4-5-22(24)42)21-11-37-23-3-1-2-6-41(21)23/h1-3,6,9-11,13H,4-5,7-8,12,14-15H2. The second-order valence-corrected chi connectivity index (χ2v) is 11.1. The Labute approximate surface area is 238 Å². The fraction of sp³-hybridized carbons (Fsp3) is 0.345.